The summed E-state index contributed by atoms with van der Waals surface area (Å²) >= 11 is 0. The fraction of sp³-hybridized carbons (Fsp3) is 0.900. The average molecular weight is 184 g/mol. The molecule has 1 atom stereocenters. The number of amides is 1. The van der Waals surface area contributed by atoms with Crippen LogP contribution in [0.3, 0.4) is 0 Å². The van der Waals surface area contributed by atoms with Crippen LogP contribution in [0.25, 0.3) is 0 Å². The molecule has 0 aromatic rings. The fourth-order valence-corrected chi connectivity index (χ4v) is 1.83. The van der Waals surface area contributed by atoms with Gasteiger partial charge >= 0.3 is 0 Å². The van der Waals surface area contributed by atoms with Gasteiger partial charge in [-0.1, -0.05) is 6.92 Å². The van der Waals surface area contributed by atoms with Crippen LogP contribution >= 0.6 is 0 Å². The first-order chi connectivity index (χ1) is 6.15. The molecule has 1 unspecified atom stereocenters. The van der Waals surface area contributed by atoms with Gasteiger partial charge in [0.05, 0.1) is 0 Å². The van der Waals surface area contributed by atoms with Crippen molar-refractivity contribution in [2.45, 2.75) is 32.2 Å². The monoisotopic (exact) mass is 184 g/mol. The molecule has 1 rings (SSSR count). The van der Waals surface area contributed by atoms with Crippen molar-refractivity contribution in [3.8, 4) is 0 Å². The van der Waals surface area contributed by atoms with Crippen LogP contribution in [0.15, 0.2) is 0 Å². The molecule has 3 heteroatoms. The highest BCUT2D eigenvalue weighted by atomic mass is 16.2. The fourth-order valence-electron chi connectivity index (χ4n) is 1.83. The second-order valence-electron chi connectivity index (χ2n) is 3.95. The number of carbonyl (C=O) groups excluding carboxylic acids is 1. The Morgan fingerprint density at radius 2 is 2.23 bits per heavy atom. The van der Waals surface area contributed by atoms with E-state index in [1.165, 1.54) is 6.42 Å². The van der Waals surface area contributed by atoms with E-state index in [9.17, 15) is 4.79 Å². The summed E-state index contributed by atoms with van der Waals surface area (Å²) < 4.78 is 0. The van der Waals surface area contributed by atoms with Crippen molar-refractivity contribution in [3.05, 3.63) is 0 Å². The first-order valence-corrected chi connectivity index (χ1v) is 5.09. The van der Waals surface area contributed by atoms with E-state index < -0.39 is 0 Å². The number of likely N-dealkylation sites (N-methyl/N-ethyl adjacent to an activating group) is 1. The van der Waals surface area contributed by atoms with Crippen LogP contribution in [0, 0.1) is 0 Å². The summed E-state index contributed by atoms with van der Waals surface area (Å²) in [6, 6.07) is 0.559. The molecule has 76 valence electrons. The van der Waals surface area contributed by atoms with E-state index in [0.717, 1.165) is 19.5 Å². The number of carbonyl (C=O) groups is 1. The third-order valence-corrected chi connectivity index (χ3v) is 2.78. The quantitative estimate of drug-likeness (QED) is 0.638. The van der Waals surface area contributed by atoms with Gasteiger partial charge in [0.2, 0.25) is 5.91 Å². The number of likely N-dealkylation sites (tertiary alicyclic amines) is 1. The SMILES string of the molecule is CCC(=O)N1CCCC(N(C)C)C1. The van der Waals surface area contributed by atoms with Gasteiger partial charge in [-0.15, -0.1) is 0 Å². The van der Waals surface area contributed by atoms with Crippen molar-refractivity contribution >= 4 is 5.91 Å². The first kappa shape index (κ1) is 10.5. The van der Waals surface area contributed by atoms with Gasteiger partial charge in [0.1, 0.15) is 0 Å². The molecule has 0 bridgehead atoms. The standard InChI is InChI=1S/C10H20N2O/c1-4-10(13)12-7-5-6-9(8-12)11(2)3/h9H,4-8H2,1-3H3. The zero-order chi connectivity index (χ0) is 9.84. The Bertz CT molecular complexity index is 180. The number of nitrogens with zero attached hydrogens (tertiary/aromatic N) is 2. The van der Waals surface area contributed by atoms with Crippen LogP contribution in [-0.4, -0.2) is 48.9 Å². The van der Waals surface area contributed by atoms with E-state index in [1.54, 1.807) is 0 Å². The predicted molar refractivity (Wildman–Crippen MR) is 53.6 cm³/mol. The van der Waals surface area contributed by atoms with Crippen LogP contribution < -0.4 is 0 Å². The molecule has 0 saturated carbocycles. The molecule has 0 aromatic heterocycles. The number of hydrogen-bond donors (Lipinski definition) is 0. The summed E-state index contributed by atoms with van der Waals surface area (Å²) in [6.45, 7) is 3.80. The topological polar surface area (TPSA) is 23.6 Å². The molecule has 1 saturated heterocycles. The minimum absolute atomic E-state index is 0.298. The van der Waals surface area contributed by atoms with Gasteiger partial charge < -0.3 is 9.80 Å². The third-order valence-electron chi connectivity index (χ3n) is 2.78. The van der Waals surface area contributed by atoms with Gasteiger partial charge in [-0.05, 0) is 26.9 Å². The summed E-state index contributed by atoms with van der Waals surface area (Å²) in [5.74, 6) is 0.298. The van der Waals surface area contributed by atoms with Gasteiger partial charge in [0.25, 0.3) is 0 Å². The van der Waals surface area contributed by atoms with Crippen molar-refractivity contribution < 1.29 is 4.79 Å². The average Bonchev–Trinajstić information content (AvgIpc) is 2.17. The molecule has 0 aromatic carbocycles. The van der Waals surface area contributed by atoms with Gasteiger partial charge in [-0.25, -0.2) is 0 Å². The molecular weight excluding hydrogens is 164 g/mol. The molecule has 0 spiro atoms. The van der Waals surface area contributed by atoms with E-state index in [-0.39, 0.29) is 0 Å². The van der Waals surface area contributed by atoms with Gasteiger partial charge in [-0.2, -0.15) is 0 Å². The molecule has 1 fully saturated rings. The maximum absolute atomic E-state index is 11.4. The van der Waals surface area contributed by atoms with E-state index in [1.807, 2.05) is 11.8 Å². The minimum atomic E-state index is 0.298. The second kappa shape index (κ2) is 4.61. The lowest BCUT2D eigenvalue weighted by Gasteiger charge is -2.36. The van der Waals surface area contributed by atoms with Crippen molar-refractivity contribution in [3.63, 3.8) is 0 Å². The van der Waals surface area contributed by atoms with Crippen molar-refractivity contribution in [2.75, 3.05) is 27.2 Å². The summed E-state index contributed by atoms with van der Waals surface area (Å²) in [5, 5.41) is 0. The Hall–Kier alpha value is -0.570. The van der Waals surface area contributed by atoms with E-state index in [2.05, 4.69) is 19.0 Å². The minimum Gasteiger partial charge on any atom is -0.341 e. The molecule has 0 aliphatic carbocycles. The van der Waals surface area contributed by atoms with E-state index >= 15 is 0 Å². The molecule has 1 aliphatic heterocycles. The Morgan fingerprint density at radius 1 is 1.54 bits per heavy atom. The van der Waals surface area contributed by atoms with Crippen LogP contribution in [0.1, 0.15) is 26.2 Å². The largest absolute Gasteiger partial charge is 0.341 e. The number of rotatable bonds is 2. The Kier molecular flexibility index (Phi) is 3.72. The molecule has 1 amide bonds. The van der Waals surface area contributed by atoms with Crippen LogP contribution in [0.4, 0.5) is 0 Å². The lowest BCUT2D eigenvalue weighted by Crippen LogP contribution is -2.47. The van der Waals surface area contributed by atoms with Crippen molar-refractivity contribution in [2.24, 2.45) is 0 Å². The summed E-state index contributed by atoms with van der Waals surface area (Å²) in [5.41, 5.74) is 0. The van der Waals surface area contributed by atoms with E-state index in [4.69, 9.17) is 0 Å². The molecular formula is C10H20N2O. The highest BCUT2D eigenvalue weighted by Crippen LogP contribution is 2.14. The van der Waals surface area contributed by atoms with Crippen LogP contribution in [0.2, 0.25) is 0 Å². The highest BCUT2D eigenvalue weighted by Gasteiger charge is 2.23. The van der Waals surface area contributed by atoms with Crippen molar-refractivity contribution in [1.29, 1.82) is 0 Å². The van der Waals surface area contributed by atoms with Crippen molar-refractivity contribution in [1.82, 2.24) is 9.80 Å². The maximum atomic E-state index is 11.4. The summed E-state index contributed by atoms with van der Waals surface area (Å²) in [7, 11) is 4.18. The Labute approximate surface area is 80.7 Å². The molecule has 13 heavy (non-hydrogen) atoms. The normalized spacial score (nSPS) is 23.7. The number of piperidine rings is 1. The summed E-state index contributed by atoms with van der Waals surface area (Å²) in [6.07, 6.45) is 3.01. The zero-order valence-corrected chi connectivity index (χ0v) is 8.92. The lowest BCUT2D eigenvalue weighted by molar-refractivity contribution is -0.132. The van der Waals surface area contributed by atoms with Crippen LogP contribution in [0.5, 0.6) is 0 Å². The second-order valence-corrected chi connectivity index (χ2v) is 3.95. The molecule has 1 heterocycles. The maximum Gasteiger partial charge on any atom is 0.222 e. The number of hydrogen-bond acceptors (Lipinski definition) is 2. The lowest BCUT2D eigenvalue weighted by atomic mass is 10.0. The Balaban J connectivity index is 2.46. The smallest absolute Gasteiger partial charge is 0.222 e. The molecule has 0 N–H and O–H groups in total. The predicted octanol–water partition coefficient (Wildman–Crippen LogP) is 0.949. The highest BCUT2D eigenvalue weighted by molar-refractivity contribution is 5.75. The summed E-state index contributed by atoms with van der Waals surface area (Å²) in [4.78, 5) is 15.7. The van der Waals surface area contributed by atoms with Gasteiger partial charge in [-0.3, -0.25) is 4.79 Å². The first-order valence-electron chi connectivity index (χ1n) is 5.09. The molecule has 0 radical (unpaired) electrons. The third kappa shape index (κ3) is 2.69. The van der Waals surface area contributed by atoms with Gasteiger partial charge in [0, 0.05) is 25.6 Å². The zero-order valence-electron chi connectivity index (χ0n) is 8.92. The van der Waals surface area contributed by atoms with Gasteiger partial charge in [0.15, 0.2) is 0 Å². The van der Waals surface area contributed by atoms with E-state index in [0.29, 0.717) is 18.4 Å². The molecule has 3 nitrogen and oxygen atoms in total. The Morgan fingerprint density at radius 3 is 2.77 bits per heavy atom. The molecule has 1 aliphatic rings. The van der Waals surface area contributed by atoms with Crippen LogP contribution in [-0.2, 0) is 4.79 Å².